The zero-order chi connectivity index (χ0) is 22.4. The van der Waals surface area contributed by atoms with E-state index in [-0.39, 0.29) is 29.8 Å². The first kappa shape index (κ1) is 22.7. The molecule has 2 aromatic carbocycles. The Balaban J connectivity index is 2.03. The molecule has 3 rings (SSSR count). The van der Waals surface area contributed by atoms with Gasteiger partial charge in [0.25, 0.3) is 10.0 Å². The number of rotatable bonds is 9. The van der Waals surface area contributed by atoms with E-state index in [1.54, 1.807) is 24.3 Å². The lowest BCUT2D eigenvalue weighted by molar-refractivity contribution is 0.197. The van der Waals surface area contributed by atoms with Crippen LogP contribution in [0.25, 0.3) is 11.1 Å². The highest BCUT2D eigenvalue weighted by Gasteiger charge is 2.21. The van der Waals surface area contributed by atoms with Gasteiger partial charge in [-0.05, 0) is 41.2 Å². The van der Waals surface area contributed by atoms with E-state index >= 15 is 0 Å². The van der Waals surface area contributed by atoms with Gasteiger partial charge in [0.05, 0.1) is 17.1 Å². The van der Waals surface area contributed by atoms with E-state index in [4.69, 9.17) is 9.84 Å². The van der Waals surface area contributed by atoms with Crippen LogP contribution in [-0.4, -0.2) is 36.7 Å². The second-order valence-corrected chi connectivity index (χ2v) is 9.04. The molecule has 164 valence electrons. The highest BCUT2D eigenvalue weighted by Crippen LogP contribution is 2.35. The third-order valence-electron chi connectivity index (χ3n) is 4.88. The number of aryl methyl sites for hydroxylation is 1. The molecule has 0 radical (unpaired) electrons. The molecule has 0 aliphatic rings. The molecular formula is C23H27N3O4S. The zero-order valence-electron chi connectivity index (χ0n) is 17.9. The molecule has 0 fully saturated rings. The predicted octanol–water partition coefficient (Wildman–Crippen LogP) is 4.00. The molecule has 0 aliphatic carbocycles. The molecular weight excluding hydrogens is 414 g/mol. The largest absolute Gasteiger partial charge is 0.475 e. The number of anilines is 1. The molecule has 0 unspecified atom stereocenters. The number of hydrogen-bond donors (Lipinski definition) is 2. The molecule has 0 aliphatic heterocycles. The quantitative estimate of drug-likeness (QED) is 0.520. The van der Waals surface area contributed by atoms with Crippen molar-refractivity contribution in [2.24, 2.45) is 0 Å². The SMILES string of the molecule is CCc1ccc(-c2c(NS(=O)(=O)c3ccc(C(C)C)cc3)ncnc2OCCO)cc1. The third-order valence-corrected chi connectivity index (χ3v) is 6.24. The molecule has 0 saturated heterocycles. The van der Waals surface area contributed by atoms with Crippen molar-refractivity contribution >= 4 is 15.8 Å². The van der Waals surface area contributed by atoms with Crippen LogP contribution in [0.15, 0.2) is 59.8 Å². The molecule has 0 amide bonds. The summed E-state index contributed by atoms with van der Waals surface area (Å²) in [5.41, 5.74) is 3.32. The predicted molar refractivity (Wildman–Crippen MR) is 121 cm³/mol. The minimum absolute atomic E-state index is 0.0277. The summed E-state index contributed by atoms with van der Waals surface area (Å²) < 4.78 is 34.2. The van der Waals surface area contributed by atoms with Gasteiger partial charge in [-0.25, -0.2) is 18.4 Å². The summed E-state index contributed by atoms with van der Waals surface area (Å²) in [6.45, 7) is 5.99. The average molecular weight is 442 g/mol. The molecule has 8 heteroatoms. The number of aromatic nitrogens is 2. The number of ether oxygens (including phenoxy) is 1. The number of nitrogens with one attached hydrogen (secondary N) is 1. The van der Waals surface area contributed by atoms with E-state index in [1.165, 1.54) is 6.33 Å². The number of benzene rings is 2. The lowest BCUT2D eigenvalue weighted by atomic mass is 10.0. The Hall–Kier alpha value is -2.97. The van der Waals surface area contributed by atoms with Crippen molar-refractivity contribution in [1.29, 1.82) is 0 Å². The van der Waals surface area contributed by atoms with Crippen molar-refractivity contribution in [3.63, 3.8) is 0 Å². The Morgan fingerprint density at radius 1 is 1.03 bits per heavy atom. The first-order valence-electron chi connectivity index (χ1n) is 10.2. The van der Waals surface area contributed by atoms with Crippen molar-refractivity contribution in [3.05, 3.63) is 66.0 Å². The lowest BCUT2D eigenvalue weighted by Crippen LogP contribution is -2.16. The minimum Gasteiger partial charge on any atom is -0.475 e. The molecule has 0 bridgehead atoms. The molecule has 3 aromatic rings. The minimum atomic E-state index is -3.88. The summed E-state index contributed by atoms with van der Waals surface area (Å²) in [6, 6.07) is 14.4. The van der Waals surface area contributed by atoms with E-state index in [0.717, 1.165) is 17.5 Å². The summed E-state index contributed by atoms with van der Waals surface area (Å²) in [6.07, 6.45) is 2.11. The molecule has 2 N–H and O–H groups in total. The molecule has 1 aromatic heterocycles. The number of hydrogen-bond acceptors (Lipinski definition) is 6. The van der Waals surface area contributed by atoms with Crippen LogP contribution < -0.4 is 9.46 Å². The fraction of sp³-hybridized carbons (Fsp3) is 0.304. The smallest absolute Gasteiger partial charge is 0.263 e. The van der Waals surface area contributed by atoms with Gasteiger partial charge in [0, 0.05) is 0 Å². The normalized spacial score (nSPS) is 11.5. The van der Waals surface area contributed by atoms with Gasteiger partial charge in [0.15, 0.2) is 5.82 Å². The molecule has 1 heterocycles. The van der Waals surface area contributed by atoms with E-state index in [1.807, 2.05) is 38.1 Å². The number of sulfonamides is 1. The van der Waals surface area contributed by atoms with Crippen LogP contribution in [0.5, 0.6) is 5.88 Å². The lowest BCUT2D eigenvalue weighted by Gasteiger charge is -2.16. The van der Waals surface area contributed by atoms with Gasteiger partial charge in [-0.2, -0.15) is 0 Å². The number of nitrogens with zero attached hydrogens (tertiary/aromatic N) is 2. The second-order valence-electron chi connectivity index (χ2n) is 7.35. The number of aliphatic hydroxyl groups is 1. The van der Waals surface area contributed by atoms with Crippen molar-refractivity contribution in [2.45, 2.75) is 38.0 Å². The first-order chi connectivity index (χ1) is 14.9. The molecule has 0 spiro atoms. The van der Waals surface area contributed by atoms with E-state index in [9.17, 15) is 8.42 Å². The molecule has 7 nitrogen and oxygen atoms in total. The standard InChI is InChI=1S/C23H27N3O4S/c1-4-17-5-7-19(8-6-17)21-22(24-15-25-23(21)30-14-13-27)26-31(28,29)20-11-9-18(10-12-20)16(2)3/h5-12,15-16,27H,4,13-14H2,1-3H3,(H,24,25,26). The van der Waals surface area contributed by atoms with E-state index < -0.39 is 10.0 Å². The van der Waals surface area contributed by atoms with Crippen molar-refractivity contribution < 1.29 is 18.3 Å². The third kappa shape index (κ3) is 5.39. The van der Waals surface area contributed by atoms with E-state index in [2.05, 4.69) is 21.6 Å². The average Bonchev–Trinajstić information content (AvgIpc) is 2.77. The monoisotopic (exact) mass is 441 g/mol. The summed E-state index contributed by atoms with van der Waals surface area (Å²) in [5.74, 6) is 0.608. The van der Waals surface area contributed by atoms with E-state index in [0.29, 0.717) is 17.0 Å². The van der Waals surface area contributed by atoms with Crippen LogP contribution in [0.4, 0.5) is 5.82 Å². The van der Waals surface area contributed by atoms with Gasteiger partial charge in [0.2, 0.25) is 5.88 Å². The van der Waals surface area contributed by atoms with Gasteiger partial charge in [0.1, 0.15) is 12.9 Å². The summed E-state index contributed by atoms with van der Waals surface area (Å²) in [4.78, 5) is 8.47. The Kier molecular flexibility index (Phi) is 7.25. The topological polar surface area (TPSA) is 101 Å². The Labute approximate surface area is 183 Å². The van der Waals surface area contributed by atoms with Crippen LogP contribution in [-0.2, 0) is 16.4 Å². The van der Waals surface area contributed by atoms with Crippen molar-refractivity contribution in [1.82, 2.24) is 9.97 Å². The fourth-order valence-corrected chi connectivity index (χ4v) is 4.11. The highest BCUT2D eigenvalue weighted by atomic mass is 32.2. The Morgan fingerprint density at radius 2 is 1.71 bits per heavy atom. The fourth-order valence-electron chi connectivity index (χ4n) is 3.08. The van der Waals surface area contributed by atoms with Crippen LogP contribution in [0, 0.1) is 0 Å². The summed E-state index contributed by atoms with van der Waals surface area (Å²) in [7, 11) is -3.88. The van der Waals surface area contributed by atoms with Crippen molar-refractivity contribution in [3.8, 4) is 17.0 Å². The van der Waals surface area contributed by atoms with Gasteiger partial charge in [-0.1, -0.05) is 57.2 Å². The Bertz CT molecular complexity index is 1110. The second kappa shape index (κ2) is 9.89. The molecule has 0 atom stereocenters. The highest BCUT2D eigenvalue weighted by molar-refractivity contribution is 7.92. The molecule has 31 heavy (non-hydrogen) atoms. The molecule has 0 saturated carbocycles. The first-order valence-corrected chi connectivity index (χ1v) is 11.6. The maximum Gasteiger partial charge on any atom is 0.263 e. The van der Waals surface area contributed by atoms with Crippen LogP contribution in [0.1, 0.15) is 37.8 Å². The van der Waals surface area contributed by atoms with Crippen LogP contribution in [0.2, 0.25) is 0 Å². The summed E-state index contributed by atoms with van der Waals surface area (Å²) in [5, 5.41) is 9.14. The van der Waals surface area contributed by atoms with Gasteiger partial charge < -0.3 is 9.84 Å². The zero-order valence-corrected chi connectivity index (χ0v) is 18.7. The maximum atomic E-state index is 13.0. The Morgan fingerprint density at radius 3 is 2.29 bits per heavy atom. The van der Waals surface area contributed by atoms with Gasteiger partial charge in [-0.15, -0.1) is 0 Å². The van der Waals surface area contributed by atoms with Gasteiger partial charge in [-0.3, -0.25) is 4.72 Å². The van der Waals surface area contributed by atoms with Gasteiger partial charge >= 0.3 is 0 Å². The van der Waals surface area contributed by atoms with Crippen LogP contribution >= 0.6 is 0 Å². The maximum absolute atomic E-state index is 13.0. The number of aliphatic hydroxyl groups excluding tert-OH is 1. The van der Waals surface area contributed by atoms with Crippen LogP contribution in [0.3, 0.4) is 0 Å². The summed E-state index contributed by atoms with van der Waals surface area (Å²) >= 11 is 0. The van der Waals surface area contributed by atoms with Crippen molar-refractivity contribution in [2.75, 3.05) is 17.9 Å².